The number of carbonyl (C=O) groups excluding carboxylic acids is 1. The molecule has 5 rings (SSSR count). The molecular formula is C25H18N8O. The van der Waals surface area contributed by atoms with Crippen LogP contribution in [0.4, 0.5) is 5.82 Å². The van der Waals surface area contributed by atoms with Crippen molar-refractivity contribution in [2.45, 2.75) is 6.54 Å². The van der Waals surface area contributed by atoms with Crippen LogP contribution in [0.15, 0.2) is 79.3 Å². The Morgan fingerprint density at radius 1 is 0.971 bits per heavy atom. The molecule has 0 saturated carbocycles. The minimum absolute atomic E-state index is 0.0945. The maximum Gasteiger partial charge on any atom is 0.254 e. The SMILES string of the molecule is N#Cc1ncccc1C(=O)NCc1ccc(-n2c(-c3cccnc3N)nc3cccnc32)cc1. The van der Waals surface area contributed by atoms with E-state index >= 15 is 0 Å². The molecule has 0 saturated heterocycles. The maximum atomic E-state index is 12.5. The molecule has 4 aromatic heterocycles. The molecule has 0 unspecified atom stereocenters. The maximum absolute atomic E-state index is 12.5. The molecule has 0 bridgehead atoms. The number of hydrogen-bond acceptors (Lipinski definition) is 7. The van der Waals surface area contributed by atoms with E-state index in [2.05, 4.69) is 20.3 Å². The quantitative estimate of drug-likeness (QED) is 0.423. The van der Waals surface area contributed by atoms with Crippen LogP contribution < -0.4 is 11.1 Å². The van der Waals surface area contributed by atoms with Gasteiger partial charge in [-0.1, -0.05) is 12.1 Å². The van der Waals surface area contributed by atoms with E-state index < -0.39 is 0 Å². The van der Waals surface area contributed by atoms with E-state index in [1.807, 2.05) is 59.2 Å². The molecule has 1 amide bonds. The van der Waals surface area contributed by atoms with Gasteiger partial charge in [0, 0.05) is 30.8 Å². The van der Waals surface area contributed by atoms with Crippen LogP contribution in [0.3, 0.4) is 0 Å². The summed E-state index contributed by atoms with van der Waals surface area (Å²) in [7, 11) is 0. The molecule has 0 fully saturated rings. The lowest BCUT2D eigenvalue weighted by atomic mass is 10.1. The topological polar surface area (TPSA) is 135 Å². The number of anilines is 1. The highest BCUT2D eigenvalue weighted by Gasteiger charge is 2.17. The molecule has 0 spiro atoms. The minimum Gasteiger partial charge on any atom is -0.383 e. The van der Waals surface area contributed by atoms with Crippen LogP contribution in [0.5, 0.6) is 0 Å². The number of fused-ring (bicyclic) bond motifs is 1. The minimum atomic E-state index is -0.354. The van der Waals surface area contributed by atoms with Crippen LogP contribution >= 0.6 is 0 Å². The highest BCUT2D eigenvalue weighted by molar-refractivity contribution is 5.96. The number of amides is 1. The van der Waals surface area contributed by atoms with Crippen LogP contribution in [-0.4, -0.2) is 30.4 Å². The Bertz CT molecular complexity index is 1550. The van der Waals surface area contributed by atoms with Crippen molar-refractivity contribution < 1.29 is 4.79 Å². The van der Waals surface area contributed by atoms with Crippen molar-refractivity contribution in [2.24, 2.45) is 0 Å². The van der Waals surface area contributed by atoms with E-state index in [1.165, 1.54) is 6.20 Å². The Hall–Kier alpha value is -5.10. The van der Waals surface area contributed by atoms with Crippen molar-refractivity contribution in [1.29, 1.82) is 5.26 Å². The van der Waals surface area contributed by atoms with Gasteiger partial charge in [0.15, 0.2) is 17.2 Å². The zero-order valence-electron chi connectivity index (χ0n) is 17.9. The summed E-state index contributed by atoms with van der Waals surface area (Å²) >= 11 is 0. The summed E-state index contributed by atoms with van der Waals surface area (Å²) in [6, 6.07) is 20.2. The van der Waals surface area contributed by atoms with Gasteiger partial charge in [-0.25, -0.2) is 19.9 Å². The van der Waals surface area contributed by atoms with Gasteiger partial charge in [0.1, 0.15) is 17.4 Å². The van der Waals surface area contributed by atoms with Crippen LogP contribution in [0.2, 0.25) is 0 Å². The lowest BCUT2D eigenvalue weighted by Gasteiger charge is -2.11. The number of nitrogens with two attached hydrogens (primary N) is 1. The van der Waals surface area contributed by atoms with Crippen LogP contribution in [0, 0.1) is 11.3 Å². The predicted octanol–water partition coefficient (Wildman–Crippen LogP) is 3.26. The summed E-state index contributed by atoms with van der Waals surface area (Å²) in [5.74, 6) is 0.666. The number of rotatable bonds is 5. The second-order valence-electron chi connectivity index (χ2n) is 7.41. The number of nitriles is 1. The summed E-state index contributed by atoms with van der Waals surface area (Å²) in [6.07, 6.45) is 4.84. The predicted molar refractivity (Wildman–Crippen MR) is 127 cm³/mol. The van der Waals surface area contributed by atoms with Crippen LogP contribution in [0.25, 0.3) is 28.2 Å². The molecule has 0 aliphatic carbocycles. The van der Waals surface area contributed by atoms with E-state index in [4.69, 9.17) is 16.0 Å². The third-order valence-corrected chi connectivity index (χ3v) is 5.30. The van der Waals surface area contributed by atoms with Crippen molar-refractivity contribution in [2.75, 3.05) is 5.73 Å². The van der Waals surface area contributed by atoms with E-state index in [1.54, 1.807) is 24.5 Å². The molecule has 9 nitrogen and oxygen atoms in total. The molecule has 3 N–H and O–H groups in total. The van der Waals surface area contributed by atoms with E-state index in [-0.39, 0.29) is 17.2 Å². The Morgan fingerprint density at radius 3 is 2.50 bits per heavy atom. The number of hydrogen-bond donors (Lipinski definition) is 2. The van der Waals surface area contributed by atoms with Gasteiger partial charge in [0.05, 0.1) is 11.1 Å². The number of imidazole rings is 1. The average molecular weight is 446 g/mol. The van der Waals surface area contributed by atoms with Gasteiger partial charge in [-0.3, -0.25) is 9.36 Å². The lowest BCUT2D eigenvalue weighted by Crippen LogP contribution is -2.24. The smallest absolute Gasteiger partial charge is 0.254 e. The highest BCUT2D eigenvalue weighted by atomic mass is 16.1. The molecule has 0 aliphatic rings. The van der Waals surface area contributed by atoms with E-state index in [0.717, 1.165) is 16.8 Å². The Labute approximate surface area is 194 Å². The zero-order chi connectivity index (χ0) is 23.5. The fourth-order valence-electron chi connectivity index (χ4n) is 3.66. The number of carbonyl (C=O) groups is 1. The first kappa shape index (κ1) is 20.8. The summed E-state index contributed by atoms with van der Waals surface area (Å²) in [5.41, 5.74) is 10.3. The third-order valence-electron chi connectivity index (χ3n) is 5.30. The first-order chi connectivity index (χ1) is 16.7. The van der Waals surface area contributed by atoms with Gasteiger partial charge < -0.3 is 11.1 Å². The van der Waals surface area contributed by atoms with Crippen molar-refractivity contribution in [3.8, 4) is 23.1 Å². The first-order valence-electron chi connectivity index (χ1n) is 10.4. The van der Waals surface area contributed by atoms with E-state index in [0.29, 0.717) is 29.4 Å². The van der Waals surface area contributed by atoms with Gasteiger partial charge >= 0.3 is 0 Å². The lowest BCUT2D eigenvalue weighted by molar-refractivity contribution is 0.0950. The molecule has 164 valence electrons. The van der Waals surface area contributed by atoms with Gasteiger partial charge in [0.25, 0.3) is 5.91 Å². The molecule has 9 heteroatoms. The van der Waals surface area contributed by atoms with Gasteiger partial charge in [-0.15, -0.1) is 0 Å². The van der Waals surface area contributed by atoms with Crippen molar-refractivity contribution in [1.82, 2.24) is 29.8 Å². The number of benzene rings is 1. The second-order valence-corrected chi connectivity index (χ2v) is 7.41. The molecule has 34 heavy (non-hydrogen) atoms. The normalized spacial score (nSPS) is 10.7. The fourth-order valence-corrected chi connectivity index (χ4v) is 3.66. The molecule has 0 aliphatic heterocycles. The summed E-state index contributed by atoms with van der Waals surface area (Å²) < 4.78 is 1.93. The summed E-state index contributed by atoms with van der Waals surface area (Å²) in [4.78, 5) is 29.9. The zero-order valence-corrected chi connectivity index (χ0v) is 17.9. The molecule has 4 heterocycles. The number of pyridine rings is 3. The summed E-state index contributed by atoms with van der Waals surface area (Å²) in [6.45, 7) is 0.296. The number of nitrogens with zero attached hydrogens (tertiary/aromatic N) is 6. The third kappa shape index (κ3) is 3.80. The van der Waals surface area contributed by atoms with E-state index in [9.17, 15) is 4.79 Å². The number of aromatic nitrogens is 5. The van der Waals surface area contributed by atoms with Gasteiger partial charge in [-0.05, 0) is 54.1 Å². The summed E-state index contributed by atoms with van der Waals surface area (Å²) in [5, 5.41) is 12.0. The van der Waals surface area contributed by atoms with Crippen LogP contribution in [-0.2, 0) is 6.54 Å². The Kier molecular flexibility index (Phi) is 5.38. The number of nitrogens with one attached hydrogen (secondary N) is 1. The van der Waals surface area contributed by atoms with Crippen molar-refractivity contribution in [3.05, 3.63) is 96.1 Å². The van der Waals surface area contributed by atoms with Gasteiger partial charge in [-0.2, -0.15) is 5.26 Å². The number of nitrogen functional groups attached to an aromatic ring is 1. The molecule has 1 aromatic carbocycles. The fraction of sp³-hybridized carbons (Fsp3) is 0.0400. The van der Waals surface area contributed by atoms with Gasteiger partial charge in [0.2, 0.25) is 0 Å². The largest absolute Gasteiger partial charge is 0.383 e. The molecule has 5 aromatic rings. The Morgan fingerprint density at radius 2 is 1.71 bits per heavy atom. The molecule has 0 radical (unpaired) electrons. The van der Waals surface area contributed by atoms with Crippen molar-refractivity contribution in [3.63, 3.8) is 0 Å². The monoisotopic (exact) mass is 446 g/mol. The molecular weight excluding hydrogens is 428 g/mol. The van der Waals surface area contributed by atoms with Crippen molar-refractivity contribution >= 4 is 22.9 Å². The van der Waals surface area contributed by atoms with Crippen LogP contribution in [0.1, 0.15) is 21.6 Å². The Balaban J connectivity index is 1.45. The first-order valence-corrected chi connectivity index (χ1v) is 10.4. The standard InChI is InChI=1S/C25H18N8O/c26-14-21-18(4-1-11-28-21)25(34)31-15-16-7-9-17(10-8-16)33-23(19-5-2-12-29-22(19)27)32-20-6-3-13-30-24(20)33/h1-13H,15H2,(H2,27,29)(H,31,34). The second kappa shape index (κ2) is 8.80. The molecule has 0 atom stereocenters. The highest BCUT2D eigenvalue weighted by Crippen LogP contribution is 2.30. The average Bonchev–Trinajstić information content (AvgIpc) is 3.27.